The minimum atomic E-state index is 0.680. The van der Waals surface area contributed by atoms with Gasteiger partial charge in [0, 0.05) is 15.7 Å². The summed E-state index contributed by atoms with van der Waals surface area (Å²) in [5.41, 5.74) is 0.892. The lowest BCUT2D eigenvalue weighted by atomic mass is 10.3. The molecule has 0 amide bonds. The van der Waals surface area contributed by atoms with Gasteiger partial charge >= 0.3 is 0 Å². The molecule has 0 bridgehead atoms. The molecule has 6 heteroatoms. The fourth-order valence-corrected chi connectivity index (χ4v) is 2.22. The highest BCUT2D eigenvalue weighted by Gasteiger charge is 2.04. The van der Waals surface area contributed by atoms with E-state index in [0.717, 1.165) is 14.6 Å². The Bertz CT molecular complexity index is 519. The van der Waals surface area contributed by atoms with Crippen LogP contribution in [-0.2, 0) is 0 Å². The van der Waals surface area contributed by atoms with Crippen molar-refractivity contribution in [2.24, 2.45) is 0 Å². The summed E-state index contributed by atoms with van der Waals surface area (Å²) in [5, 5.41) is 3.84. The number of hydrogen-bond donors (Lipinski definition) is 1. The van der Waals surface area contributed by atoms with Gasteiger partial charge in [0.05, 0.1) is 10.2 Å². The molecule has 0 radical (unpaired) electrons. The molecule has 0 unspecified atom stereocenters. The predicted octanol–water partition coefficient (Wildman–Crippen LogP) is 4.40. The van der Waals surface area contributed by atoms with E-state index in [1.54, 1.807) is 6.20 Å². The first-order chi connectivity index (χ1) is 7.66. The van der Waals surface area contributed by atoms with Crippen molar-refractivity contribution in [3.63, 3.8) is 0 Å². The molecule has 1 aromatic heterocycles. The van der Waals surface area contributed by atoms with E-state index in [4.69, 9.17) is 11.6 Å². The summed E-state index contributed by atoms with van der Waals surface area (Å²) < 4.78 is 1.68. The zero-order chi connectivity index (χ0) is 11.5. The van der Waals surface area contributed by atoms with Gasteiger partial charge in [-0.1, -0.05) is 11.6 Å². The number of halogens is 3. The first-order valence-electron chi connectivity index (χ1n) is 4.34. The van der Waals surface area contributed by atoms with Crippen molar-refractivity contribution in [2.75, 3.05) is 5.32 Å². The van der Waals surface area contributed by atoms with Gasteiger partial charge in [-0.2, -0.15) is 0 Å². The van der Waals surface area contributed by atoms with Gasteiger partial charge in [0.25, 0.3) is 0 Å². The molecular weight excluding hydrogens is 357 g/mol. The van der Waals surface area contributed by atoms with E-state index in [0.29, 0.717) is 10.8 Å². The van der Waals surface area contributed by atoms with Gasteiger partial charge in [-0.05, 0) is 50.1 Å². The lowest BCUT2D eigenvalue weighted by Crippen LogP contribution is -1.95. The van der Waals surface area contributed by atoms with Crippen molar-refractivity contribution >= 4 is 55.0 Å². The Kier molecular flexibility index (Phi) is 3.78. The van der Waals surface area contributed by atoms with Crippen LogP contribution in [0.1, 0.15) is 0 Å². The van der Waals surface area contributed by atoms with Gasteiger partial charge in [-0.15, -0.1) is 0 Å². The van der Waals surface area contributed by atoms with Crippen LogP contribution < -0.4 is 5.32 Å². The van der Waals surface area contributed by atoms with Crippen LogP contribution in [0.15, 0.2) is 39.7 Å². The number of hydrogen-bond acceptors (Lipinski definition) is 3. The molecule has 0 atom stereocenters. The molecule has 0 saturated carbocycles. The molecule has 0 fully saturated rings. The smallest absolute Gasteiger partial charge is 0.148 e. The fourth-order valence-electron chi connectivity index (χ4n) is 1.12. The Morgan fingerprint density at radius 2 is 2.00 bits per heavy atom. The summed E-state index contributed by atoms with van der Waals surface area (Å²) in [6.45, 7) is 0. The number of nitrogens with one attached hydrogen (secondary N) is 1. The molecule has 0 aliphatic heterocycles. The number of nitrogens with zero attached hydrogens (tertiary/aromatic N) is 2. The fraction of sp³-hybridized carbons (Fsp3) is 0. The molecule has 2 rings (SSSR count). The molecule has 1 N–H and O–H groups in total. The third kappa shape index (κ3) is 2.72. The predicted molar refractivity (Wildman–Crippen MR) is 72.2 cm³/mol. The molecule has 1 aromatic carbocycles. The van der Waals surface area contributed by atoms with Gasteiger partial charge in [0.2, 0.25) is 0 Å². The summed E-state index contributed by atoms with van der Waals surface area (Å²) in [6, 6.07) is 5.50. The number of aromatic nitrogens is 2. The molecule has 82 valence electrons. The third-order valence-corrected chi connectivity index (χ3v) is 3.32. The zero-order valence-corrected chi connectivity index (χ0v) is 11.8. The highest BCUT2D eigenvalue weighted by molar-refractivity contribution is 9.11. The molecule has 3 nitrogen and oxygen atoms in total. The van der Waals surface area contributed by atoms with Crippen LogP contribution >= 0.6 is 43.5 Å². The highest BCUT2D eigenvalue weighted by atomic mass is 79.9. The van der Waals surface area contributed by atoms with Crippen LogP contribution in [0.4, 0.5) is 11.5 Å². The molecule has 0 aliphatic carbocycles. The molecular formula is C10H6Br2ClN3. The lowest BCUT2D eigenvalue weighted by Gasteiger charge is -2.08. The van der Waals surface area contributed by atoms with Crippen LogP contribution in [0.2, 0.25) is 5.02 Å². The van der Waals surface area contributed by atoms with Crippen molar-refractivity contribution in [3.05, 3.63) is 44.7 Å². The maximum absolute atomic E-state index is 5.86. The quantitative estimate of drug-likeness (QED) is 0.859. The largest absolute Gasteiger partial charge is 0.338 e. The van der Waals surface area contributed by atoms with E-state index < -0.39 is 0 Å². The van der Waals surface area contributed by atoms with E-state index in [1.807, 2.05) is 18.2 Å². The third-order valence-electron chi connectivity index (χ3n) is 1.85. The average molecular weight is 363 g/mol. The average Bonchev–Trinajstić information content (AvgIpc) is 2.25. The molecule has 0 spiro atoms. The Morgan fingerprint density at radius 1 is 1.19 bits per heavy atom. The molecule has 1 heterocycles. The molecule has 16 heavy (non-hydrogen) atoms. The Morgan fingerprint density at radius 3 is 2.69 bits per heavy atom. The van der Waals surface area contributed by atoms with E-state index >= 15 is 0 Å². The maximum atomic E-state index is 5.86. The van der Waals surface area contributed by atoms with Crippen LogP contribution in [-0.4, -0.2) is 9.97 Å². The van der Waals surface area contributed by atoms with Crippen molar-refractivity contribution < 1.29 is 0 Å². The van der Waals surface area contributed by atoms with Crippen molar-refractivity contribution in [2.45, 2.75) is 0 Å². The second kappa shape index (κ2) is 5.12. The Labute approximate surface area is 115 Å². The minimum Gasteiger partial charge on any atom is -0.338 e. The van der Waals surface area contributed by atoms with E-state index in [9.17, 15) is 0 Å². The van der Waals surface area contributed by atoms with E-state index in [2.05, 4.69) is 47.1 Å². The standard InChI is InChI=1S/C10H6Br2ClN3/c11-7-3-6(13)1-2-9(7)16-10-8(12)4-14-5-15-10/h1-5H,(H,14,15,16). The number of benzene rings is 1. The maximum Gasteiger partial charge on any atom is 0.148 e. The second-order valence-electron chi connectivity index (χ2n) is 2.97. The van der Waals surface area contributed by atoms with E-state index in [-0.39, 0.29) is 0 Å². The lowest BCUT2D eigenvalue weighted by molar-refractivity contribution is 1.15. The second-order valence-corrected chi connectivity index (χ2v) is 5.11. The van der Waals surface area contributed by atoms with Gasteiger partial charge in [0.15, 0.2) is 0 Å². The SMILES string of the molecule is Clc1ccc(Nc2ncncc2Br)c(Br)c1. The molecule has 0 saturated heterocycles. The van der Waals surface area contributed by atoms with Gasteiger partial charge in [-0.3, -0.25) is 0 Å². The van der Waals surface area contributed by atoms with E-state index in [1.165, 1.54) is 6.33 Å². The normalized spacial score (nSPS) is 10.2. The minimum absolute atomic E-state index is 0.680. The van der Waals surface area contributed by atoms with Crippen LogP contribution in [0, 0.1) is 0 Å². The monoisotopic (exact) mass is 361 g/mol. The van der Waals surface area contributed by atoms with Gasteiger partial charge in [-0.25, -0.2) is 9.97 Å². The summed E-state index contributed by atoms with van der Waals surface area (Å²) in [4.78, 5) is 8.01. The van der Waals surface area contributed by atoms with Crippen LogP contribution in [0.25, 0.3) is 0 Å². The van der Waals surface area contributed by atoms with Gasteiger partial charge < -0.3 is 5.32 Å². The van der Waals surface area contributed by atoms with Crippen LogP contribution in [0.5, 0.6) is 0 Å². The first kappa shape index (κ1) is 11.8. The summed E-state index contributed by atoms with van der Waals surface area (Å²) >= 11 is 12.6. The first-order valence-corrected chi connectivity index (χ1v) is 6.31. The Balaban J connectivity index is 2.31. The topological polar surface area (TPSA) is 37.8 Å². The molecule has 2 aromatic rings. The van der Waals surface area contributed by atoms with Crippen molar-refractivity contribution in [3.8, 4) is 0 Å². The highest BCUT2D eigenvalue weighted by Crippen LogP contribution is 2.30. The summed E-state index contributed by atoms with van der Waals surface area (Å²) in [5.74, 6) is 0.707. The van der Waals surface area contributed by atoms with Gasteiger partial charge in [0.1, 0.15) is 12.1 Å². The summed E-state index contributed by atoms with van der Waals surface area (Å²) in [6.07, 6.45) is 3.16. The van der Waals surface area contributed by atoms with Crippen molar-refractivity contribution in [1.29, 1.82) is 0 Å². The Hall–Kier alpha value is -0.650. The number of rotatable bonds is 2. The number of anilines is 2. The van der Waals surface area contributed by atoms with Crippen LogP contribution in [0.3, 0.4) is 0 Å². The van der Waals surface area contributed by atoms with Crippen molar-refractivity contribution in [1.82, 2.24) is 9.97 Å². The summed E-state index contributed by atoms with van der Waals surface area (Å²) in [7, 11) is 0. The zero-order valence-electron chi connectivity index (χ0n) is 7.92. The molecule has 0 aliphatic rings.